The minimum absolute atomic E-state index is 0.0521. The third-order valence-electron chi connectivity index (χ3n) is 5.97. The lowest BCUT2D eigenvalue weighted by molar-refractivity contribution is -0.116. The Bertz CT molecular complexity index is 1040. The highest BCUT2D eigenvalue weighted by Crippen LogP contribution is 2.34. The van der Waals surface area contributed by atoms with Crippen molar-refractivity contribution >= 4 is 34.7 Å². The van der Waals surface area contributed by atoms with Crippen molar-refractivity contribution < 1.29 is 4.79 Å². The van der Waals surface area contributed by atoms with Gasteiger partial charge in [0.2, 0.25) is 5.91 Å². The fourth-order valence-electron chi connectivity index (χ4n) is 4.23. The maximum atomic E-state index is 12.9. The molecule has 3 rings (SSSR count). The van der Waals surface area contributed by atoms with E-state index in [9.17, 15) is 4.79 Å². The minimum Gasteiger partial charge on any atom is -0.388 e. The Morgan fingerprint density at radius 2 is 1.42 bits per heavy atom. The molecule has 0 aliphatic rings. The Hall–Kier alpha value is -2.92. The number of nitrogens with one attached hydrogen (secondary N) is 3. The topological polar surface area (TPSA) is 53.2 Å². The van der Waals surface area contributed by atoms with Crippen LogP contribution in [0.15, 0.2) is 65.6 Å². The first-order valence-electron chi connectivity index (χ1n) is 11.5. The number of hydrogen-bond donors (Lipinski definition) is 3. The van der Waals surface area contributed by atoms with Crippen LogP contribution >= 0.6 is 11.8 Å². The van der Waals surface area contributed by atoms with E-state index in [2.05, 4.69) is 79.2 Å². The highest BCUT2D eigenvalue weighted by atomic mass is 32.2. The molecule has 33 heavy (non-hydrogen) atoms. The molecule has 0 aromatic heterocycles. The monoisotopic (exact) mass is 461 g/mol. The molecular formula is C28H35N3OS. The zero-order chi connectivity index (χ0) is 23.8. The van der Waals surface area contributed by atoms with Crippen LogP contribution in [0.4, 0.5) is 17.1 Å². The number of thioether (sulfide) groups is 1. The highest BCUT2D eigenvalue weighted by Gasteiger charge is 2.18. The van der Waals surface area contributed by atoms with Crippen LogP contribution in [0.25, 0.3) is 0 Å². The van der Waals surface area contributed by atoms with Crippen LogP contribution in [0.2, 0.25) is 0 Å². The summed E-state index contributed by atoms with van der Waals surface area (Å²) in [5.74, 6) is 1.17. The Morgan fingerprint density at radius 1 is 0.848 bits per heavy atom. The van der Waals surface area contributed by atoms with Crippen LogP contribution in [0, 0.1) is 13.8 Å². The van der Waals surface area contributed by atoms with Gasteiger partial charge in [0, 0.05) is 42.7 Å². The van der Waals surface area contributed by atoms with E-state index in [1.807, 2.05) is 32.3 Å². The zero-order valence-corrected chi connectivity index (χ0v) is 21.1. The van der Waals surface area contributed by atoms with Gasteiger partial charge >= 0.3 is 0 Å². The maximum absolute atomic E-state index is 12.9. The maximum Gasteiger partial charge on any atom is 0.224 e. The van der Waals surface area contributed by atoms with Gasteiger partial charge in [-0.3, -0.25) is 4.79 Å². The number of carbonyl (C=O) groups excluding carboxylic acids is 1. The number of hydrogen-bond acceptors (Lipinski definition) is 4. The van der Waals surface area contributed by atoms with Crippen LogP contribution in [0.5, 0.6) is 0 Å². The van der Waals surface area contributed by atoms with Crippen LogP contribution in [-0.4, -0.2) is 25.8 Å². The van der Waals surface area contributed by atoms with Crippen molar-refractivity contribution in [3.05, 3.63) is 82.9 Å². The smallest absolute Gasteiger partial charge is 0.224 e. The van der Waals surface area contributed by atoms with Gasteiger partial charge in [-0.25, -0.2) is 0 Å². The largest absolute Gasteiger partial charge is 0.388 e. The van der Waals surface area contributed by atoms with Crippen molar-refractivity contribution in [3.8, 4) is 0 Å². The van der Waals surface area contributed by atoms with E-state index in [0.29, 0.717) is 6.42 Å². The summed E-state index contributed by atoms with van der Waals surface area (Å²) < 4.78 is 0. The summed E-state index contributed by atoms with van der Waals surface area (Å²) in [5.41, 5.74) is 8.03. The van der Waals surface area contributed by atoms with Crippen molar-refractivity contribution in [3.63, 3.8) is 0 Å². The first-order valence-corrected chi connectivity index (χ1v) is 12.5. The Kier molecular flexibility index (Phi) is 8.84. The Labute approximate surface area is 202 Å². The SMILES string of the molecule is CCSc1ccccc1NC(=O)CCC(c1ccc(NC)c(C)c1)c1ccc(NC)c(C)c1. The molecule has 174 valence electrons. The fraction of sp³-hybridized carbons (Fsp3) is 0.321. The van der Waals surface area contributed by atoms with Crippen LogP contribution in [-0.2, 0) is 4.79 Å². The normalized spacial score (nSPS) is 10.8. The van der Waals surface area contributed by atoms with Gasteiger partial charge < -0.3 is 16.0 Å². The molecule has 3 aromatic carbocycles. The van der Waals surface area contributed by atoms with Gasteiger partial charge in [-0.1, -0.05) is 43.3 Å². The second kappa shape index (κ2) is 11.8. The number of amides is 1. The second-order valence-corrected chi connectivity index (χ2v) is 9.52. The van der Waals surface area contributed by atoms with E-state index < -0.39 is 0 Å². The summed E-state index contributed by atoms with van der Waals surface area (Å²) in [7, 11) is 3.89. The molecule has 4 nitrogen and oxygen atoms in total. The number of benzene rings is 3. The summed E-state index contributed by atoms with van der Waals surface area (Å²) in [6.45, 7) is 6.37. The predicted octanol–water partition coefficient (Wildman–Crippen LogP) is 7.05. The summed E-state index contributed by atoms with van der Waals surface area (Å²) in [6.07, 6.45) is 1.20. The van der Waals surface area contributed by atoms with E-state index in [1.165, 1.54) is 22.3 Å². The summed E-state index contributed by atoms with van der Waals surface area (Å²) in [5, 5.41) is 9.62. The lowest BCUT2D eigenvalue weighted by Crippen LogP contribution is -2.14. The molecule has 3 N–H and O–H groups in total. The van der Waals surface area contributed by atoms with Gasteiger partial charge in [0.25, 0.3) is 0 Å². The standard InChI is InChI=1S/C28H35N3OS/c1-6-33-27-10-8-7-9-26(27)31-28(32)16-13-23(21-11-14-24(29-4)19(2)17-21)22-12-15-25(30-5)20(3)18-22/h7-12,14-15,17-18,23,29-30H,6,13,16H2,1-5H3,(H,31,32). The van der Waals surface area contributed by atoms with Crippen LogP contribution in [0.3, 0.4) is 0 Å². The summed E-state index contributed by atoms with van der Waals surface area (Å²) in [4.78, 5) is 14.0. The van der Waals surface area contributed by atoms with Crippen LogP contribution < -0.4 is 16.0 Å². The average molecular weight is 462 g/mol. The van der Waals surface area contributed by atoms with E-state index >= 15 is 0 Å². The van der Waals surface area contributed by atoms with Gasteiger partial charge in [-0.05, 0) is 72.5 Å². The molecule has 0 saturated carbocycles. The molecule has 5 heteroatoms. The van der Waals surface area contributed by atoms with E-state index in [4.69, 9.17) is 0 Å². The van der Waals surface area contributed by atoms with Crippen molar-refractivity contribution in [2.75, 3.05) is 35.8 Å². The molecule has 0 bridgehead atoms. The average Bonchev–Trinajstić information content (AvgIpc) is 2.81. The Morgan fingerprint density at radius 3 is 1.94 bits per heavy atom. The minimum atomic E-state index is 0.0521. The summed E-state index contributed by atoms with van der Waals surface area (Å²) in [6, 6.07) is 21.1. The number of carbonyl (C=O) groups is 1. The molecule has 0 radical (unpaired) electrons. The predicted molar refractivity (Wildman–Crippen MR) is 144 cm³/mol. The summed E-state index contributed by atoms with van der Waals surface area (Å²) >= 11 is 1.75. The van der Waals surface area contributed by atoms with Crippen molar-refractivity contribution in [1.82, 2.24) is 0 Å². The Balaban J connectivity index is 1.83. The number of para-hydroxylation sites is 1. The molecular weight excluding hydrogens is 426 g/mol. The molecule has 0 fully saturated rings. The molecule has 0 spiro atoms. The van der Waals surface area contributed by atoms with Gasteiger partial charge in [0.15, 0.2) is 0 Å². The third kappa shape index (κ3) is 6.32. The quantitative estimate of drug-likeness (QED) is 0.283. The van der Waals surface area contributed by atoms with Crippen molar-refractivity contribution in [2.24, 2.45) is 0 Å². The third-order valence-corrected chi connectivity index (χ3v) is 6.92. The van der Waals surface area contributed by atoms with Crippen LogP contribution in [0.1, 0.15) is 47.9 Å². The first kappa shape index (κ1) is 24.7. The molecule has 0 unspecified atom stereocenters. The second-order valence-electron chi connectivity index (χ2n) is 8.22. The molecule has 0 atom stereocenters. The zero-order valence-electron chi connectivity index (χ0n) is 20.3. The van der Waals surface area contributed by atoms with E-state index in [-0.39, 0.29) is 11.8 Å². The van der Waals surface area contributed by atoms with E-state index in [0.717, 1.165) is 34.1 Å². The lowest BCUT2D eigenvalue weighted by atomic mass is 9.85. The van der Waals surface area contributed by atoms with E-state index in [1.54, 1.807) is 11.8 Å². The molecule has 0 aliphatic heterocycles. The fourth-order valence-corrected chi connectivity index (χ4v) is 4.99. The number of anilines is 3. The van der Waals surface area contributed by atoms with Gasteiger partial charge in [-0.2, -0.15) is 0 Å². The first-order chi connectivity index (χ1) is 16.0. The molecule has 0 heterocycles. The van der Waals surface area contributed by atoms with Gasteiger partial charge in [0.1, 0.15) is 0 Å². The lowest BCUT2D eigenvalue weighted by Gasteiger charge is -2.21. The van der Waals surface area contributed by atoms with Gasteiger partial charge in [0.05, 0.1) is 5.69 Å². The molecule has 3 aromatic rings. The van der Waals surface area contributed by atoms with Crippen molar-refractivity contribution in [2.45, 2.75) is 44.4 Å². The number of rotatable bonds is 10. The highest BCUT2D eigenvalue weighted by molar-refractivity contribution is 7.99. The van der Waals surface area contributed by atoms with Crippen molar-refractivity contribution in [1.29, 1.82) is 0 Å². The molecule has 0 saturated heterocycles. The number of aryl methyl sites for hydroxylation is 2. The van der Waals surface area contributed by atoms with Gasteiger partial charge in [-0.15, -0.1) is 11.8 Å². The molecule has 0 aliphatic carbocycles. The molecule has 1 amide bonds.